The lowest BCUT2D eigenvalue weighted by atomic mass is 10.0. The number of allylic oxidation sites excluding steroid dienone is 6. The van der Waals surface area contributed by atoms with Crippen molar-refractivity contribution in [3.63, 3.8) is 0 Å². The number of ether oxygens (including phenoxy) is 3. The zero-order chi connectivity index (χ0) is 66.4. The second-order valence-corrected chi connectivity index (χ2v) is 26.0. The minimum Gasteiger partial charge on any atom is -0.450 e. The second-order valence-electron chi connectivity index (χ2n) is 26.0. The molecular formula is C78H145N3O9. The molecule has 0 unspecified atom stereocenters. The Hall–Kier alpha value is -3.87. The van der Waals surface area contributed by atoms with Gasteiger partial charge in [0, 0.05) is 0 Å². The minimum absolute atomic E-state index is 0.0402. The van der Waals surface area contributed by atoms with Gasteiger partial charge in [0.1, 0.15) is 0 Å². The van der Waals surface area contributed by atoms with Gasteiger partial charge in [0.15, 0.2) is 0 Å². The molecule has 0 aliphatic carbocycles. The zero-order valence-corrected chi connectivity index (χ0v) is 59.8. The molecule has 0 radical (unpaired) electrons. The van der Waals surface area contributed by atoms with E-state index in [9.17, 15) is 29.7 Å². The van der Waals surface area contributed by atoms with Crippen molar-refractivity contribution >= 4 is 18.3 Å². The van der Waals surface area contributed by atoms with E-state index >= 15 is 0 Å². The van der Waals surface area contributed by atoms with Gasteiger partial charge < -0.3 is 45.5 Å². The van der Waals surface area contributed by atoms with Crippen molar-refractivity contribution in [1.82, 2.24) is 16.0 Å². The number of hydrogen-bond acceptors (Lipinski definition) is 9. The third kappa shape index (κ3) is 64.2. The molecule has 0 aromatic heterocycles. The lowest BCUT2D eigenvalue weighted by Crippen LogP contribution is -2.42. The van der Waals surface area contributed by atoms with Crippen molar-refractivity contribution in [2.45, 2.75) is 362 Å². The Balaban J connectivity index is 0. The van der Waals surface area contributed by atoms with E-state index in [4.69, 9.17) is 14.2 Å². The average molecular weight is 1270 g/mol. The van der Waals surface area contributed by atoms with E-state index in [1.165, 1.54) is 231 Å². The maximum absolute atomic E-state index is 11.9. The van der Waals surface area contributed by atoms with Gasteiger partial charge in [-0.2, -0.15) is 0 Å². The molecule has 526 valence electrons. The van der Waals surface area contributed by atoms with Crippen LogP contribution in [0.15, 0.2) is 66.8 Å². The first-order chi connectivity index (χ1) is 43.9. The summed E-state index contributed by atoms with van der Waals surface area (Å²) in [6.07, 6.45) is 67.0. The first-order valence-corrected chi connectivity index (χ1v) is 37.6. The highest BCUT2D eigenvalue weighted by molar-refractivity contribution is 5.68. The molecule has 90 heavy (non-hydrogen) atoms. The molecule has 0 saturated heterocycles. The highest BCUT2D eigenvalue weighted by Crippen LogP contribution is 2.18. The van der Waals surface area contributed by atoms with Crippen LogP contribution in [0.25, 0.3) is 0 Å². The largest absolute Gasteiger partial charge is 0.450 e. The van der Waals surface area contributed by atoms with Gasteiger partial charge in [-0.15, -0.1) is 0 Å². The summed E-state index contributed by atoms with van der Waals surface area (Å²) in [4.78, 5) is 35.3. The first kappa shape index (κ1) is 88.2. The number of carbonyl (C=O) groups is 3. The topological polar surface area (TPSA) is 176 Å². The first-order valence-electron chi connectivity index (χ1n) is 37.6. The van der Waals surface area contributed by atoms with Crippen molar-refractivity contribution in [3.8, 4) is 0 Å². The molecule has 0 saturated carbocycles. The number of hydrogen-bond donors (Lipinski definition) is 6. The van der Waals surface area contributed by atoms with E-state index in [0.29, 0.717) is 25.7 Å². The molecule has 0 aliphatic rings. The summed E-state index contributed by atoms with van der Waals surface area (Å²) in [5.74, 6) is 0.682. The molecule has 1 rings (SSSR count). The highest BCUT2D eigenvalue weighted by Gasteiger charge is 2.20. The number of aliphatic hydroxyl groups excluding tert-OH is 3. The van der Waals surface area contributed by atoms with E-state index in [1.54, 1.807) is 6.92 Å². The fourth-order valence-electron chi connectivity index (χ4n) is 10.6. The van der Waals surface area contributed by atoms with Crippen LogP contribution in [0.1, 0.15) is 350 Å². The quantitative estimate of drug-likeness (QED) is 0.0211. The number of benzene rings is 1. The maximum atomic E-state index is 11.9. The Morgan fingerprint density at radius 3 is 1.00 bits per heavy atom. The van der Waals surface area contributed by atoms with Crippen LogP contribution in [0.5, 0.6) is 0 Å². The van der Waals surface area contributed by atoms with Gasteiger partial charge in [-0.25, -0.2) is 14.4 Å². The van der Waals surface area contributed by atoms with E-state index < -0.39 is 30.4 Å². The van der Waals surface area contributed by atoms with Crippen LogP contribution < -0.4 is 16.0 Å². The number of carbonyl (C=O) groups excluding carboxylic acids is 3. The molecule has 0 bridgehead atoms. The number of unbranched alkanes of at least 4 members (excludes halogenated alkanes) is 36. The third-order valence-electron chi connectivity index (χ3n) is 16.8. The Morgan fingerprint density at radius 1 is 0.400 bits per heavy atom. The van der Waals surface area contributed by atoms with Crippen molar-refractivity contribution < 1.29 is 43.9 Å². The van der Waals surface area contributed by atoms with Gasteiger partial charge >= 0.3 is 18.3 Å². The summed E-state index contributed by atoms with van der Waals surface area (Å²) >= 11 is 0. The van der Waals surface area contributed by atoms with Gasteiger partial charge in [-0.3, -0.25) is 0 Å². The number of amides is 3. The fraction of sp³-hybridized carbons (Fsp3) is 0.808. The van der Waals surface area contributed by atoms with Crippen LogP contribution in [0.2, 0.25) is 0 Å². The van der Waals surface area contributed by atoms with Crippen molar-refractivity contribution in [2.75, 3.05) is 33.0 Å². The summed E-state index contributed by atoms with van der Waals surface area (Å²) in [6.45, 7) is 18.1. The Labute approximate surface area is 555 Å². The smallest absolute Gasteiger partial charge is 0.407 e. The highest BCUT2D eigenvalue weighted by atomic mass is 16.6. The van der Waals surface area contributed by atoms with Crippen molar-refractivity contribution in [1.29, 1.82) is 0 Å². The van der Waals surface area contributed by atoms with Gasteiger partial charge in [-0.1, -0.05) is 295 Å². The number of rotatable bonds is 59. The van der Waals surface area contributed by atoms with Crippen molar-refractivity contribution in [3.05, 3.63) is 72.4 Å². The molecule has 6 N–H and O–H groups in total. The summed E-state index contributed by atoms with van der Waals surface area (Å²) in [7, 11) is 0. The molecule has 0 aliphatic heterocycles. The van der Waals surface area contributed by atoms with Crippen LogP contribution in [0.3, 0.4) is 0 Å². The summed E-state index contributed by atoms with van der Waals surface area (Å²) in [5, 5.41) is 37.1. The molecule has 3 amide bonds. The maximum Gasteiger partial charge on any atom is 0.407 e. The summed E-state index contributed by atoms with van der Waals surface area (Å²) in [5.41, 5.74) is 0.786. The lowest BCUT2D eigenvalue weighted by Gasteiger charge is -2.21. The molecule has 1 aromatic rings. The van der Waals surface area contributed by atoms with Crippen LogP contribution in [0.4, 0.5) is 14.4 Å². The van der Waals surface area contributed by atoms with Gasteiger partial charge in [0.2, 0.25) is 0 Å². The second kappa shape index (κ2) is 71.0. The zero-order valence-electron chi connectivity index (χ0n) is 59.8. The van der Waals surface area contributed by atoms with Gasteiger partial charge in [-0.05, 0) is 127 Å². The number of nitrogens with one attached hydrogen (secondary N) is 3. The van der Waals surface area contributed by atoms with Gasteiger partial charge in [0.25, 0.3) is 0 Å². The van der Waals surface area contributed by atoms with Crippen LogP contribution in [-0.2, 0) is 14.2 Å². The molecule has 12 nitrogen and oxygen atoms in total. The van der Waals surface area contributed by atoms with Crippen LogP contribution in [0, 0.1) is 11.8 Å². The SMILES string of the molecule is CCCCCCCC/C=C\CCCCCCCCOC(=O)N[C@@H](C)[C@H](O)c1ccccc1.CCCCCCCC/C=C\CCCCCCCCOC(=O)N[C@H](CO)CC(C)C.CCCCCCCC/C=C\CCCCCCCCOC(=O)N[C@H](CO)[C@H](C)CC. The molecule has 0 fully saturated rings. The van der Waals surface area contributed by atoms with E-state index in [1.807, 2.05) is 44.2 Å². The molecule has 5 atom stereocenters. The van der Waals surface area contributed by atoms with Crippen molar-refractivity contribution in [2.24, 2.45) is 11.8 Å². The predicted molar refractivity (Wildman–Crippen MR) is 383 cm³/mol. The molecule has 0 heterocycles. The molecule has 1 aromatic carbocycles. The third-order valence-corrected chi connectivity index (χ3v) is 16.8. The van der Waals surface area contributed by atoms with Crippen LogP contribution in [-0.4, -0.2) is 84.8 Å². The molecule has 0 spiro atoms. The number of alkyl carbamates (subject to hydrolysis) is 3. The van der Waals surface area contributed by atoms with Crippen LogP contribution >= 0.6 is 0 Å². The Kier molecular flexibility index (Phi) is 69.6. The number of aliphatic hydroxyl groups is 3. The van der Waals surface area contributed by atoms with E-state index in [0.717, 1.165) is 56.9 Å². The lowest BCUT2D eigenvalue weighted by molar-refractivity contribution is 0.109. The summed E-state index contributed by atoms with van der Waals surface area (Å²) < 4.78 is 15.7. The minimum atomic E-state index is -0.742. The monoisotopic (exact) mass is 1270 g/mol. The molecular weight excluding hydrogens is 1120 g/mol. The predicted octanol–water partition coefficient (Wildman–Crippen LogP) is 22.2. The standard InChI is InChI=1S/C28H47NO3.2C25H49NO3/c1-3-4-5-6-7-8-9-10-11-12-13-14-15-16-17-21-24-32-28(31)29-25(2)27(30)26-22-19-18-20-23-26;1-4-5-6-7-8-9-10-11-12-13-14-15-16-17-18-19-20-29-25(28)26-24(22-27)21-23(2)3;1-4-6-7-8-9-10-11-12-13-14-15-16-17-18-19-20-21-29-25(28)26-24(22-27)23(3)5-2/h10-11,18-20,22-23,25,27,30H,3-9,12-17,21,24H2,1-2H3,(H,29,31);11-12,23-24,27H,4-10,13-22H2,1-3H3,(H,26,28);12-13,23-24,27H,4-11,14-22H2,1-3H3,(H,26,28)/b11-10-;12-11-;13-12-/t25-,27-;24-;23-,24-/m001/s1. The van der Waals surface area contributed by atoms with Gasteiger partial charge in [0.05, 0.1) is 57.3 Å². The van der Waals surface area contributed by atoms with E-state index in [-0.39, 0.29) is 31.2 Å². The summed E-state index contributed by atoms with van der Waals surface area (Å²) in [6, 6.07) is 8.52. The average Bonchev–Trinajstić information content (AvgIpc) is 3.64. The fourth-order valence-corrected chi connectivity index (χ4v) is 10.6. The molecule has 12 heteroatoms. The van der Waals surface area contributed by atoms with E-state index in [2.05, 4.69) is 87.0 Å². The Morgan fingerprint density at radius 2 is 0.700 bits per heavy atom. The Bertz CT molecular complexity index is 1740. The normalized spacial score (nSPS) is 13.1.